The van der Waals surface area contributed by atoms with Crippen molar-refractivity contribution in [3.05, 3.63) is 35.3 Å². The van der Waals surface area contributed by atoms with E-state index in [1.165, 1.54) is 0 Å². The van der Waals surface area contributed by atoms with E-state index in [-0.39, 0.29) is 5.69 Å². The fourth-order valence-electron chi connectivity index (χ4n) is 1.77. The van der Waals surface area contributed by atoms with E-state index >= 15 is 0 Å². The Balaban J connectivity index is 2.84. The van der Waals surface area contributed by atoms with Crippen LogP contribution >= 0.6 is 0 Å². The van der Waals surface area contributed by atoms with Crippen LogP contribution in [0.1, 0.15) is 28.7 Å². The molecular formula is C11H12N2O2. The molecule has 0 radical (unpaired) electrons. The van der Waals surface area contributed by atoms with E-state index < -0.39 is 5.97 Å². The highest BCUT2D eigenvalue weighted by Gasteiger charge is 2.16. The minimum Gasteiger partial charge on any atom is -0.477 e. The molecule has 2 aromatic rings. The Hall–Kier alpha value is -1.84. The number of aromatic nitrogens is 2. The first-order chi connectivity index (χ1) is 7.15. The van der Waals surface area contributed by atoms with Crippen molar-refractivity contribution in [2.75, 3.05) is 0 Å². The van der Waals surface area contributed by atoms with Crippen LogP contribution in [0.3, 0.4) is 0 Å². The van der Waals surface area contributed by atoms with Gasteiger partial charge in [0.25, 0.3) is 0 Å². The maximum atomic E-state index is 11.0. The van der Waals surface area contributed by atoms with Gasteiger partial charge in [0.15, 0.2) is 5.69 Å². The molecule has 0 aliphatic rings. The molecule has 1 N–H and O–H groups in total. The van der Waals surface area contributed by atoms with Crippen LogP contribution in [-0.4, -0.2) is 20.5 Å². The first-order valence-electron chi connectivity index (χ1n) is 4.85. The minimum atomic E-state index is -0.937. The molecule has 0 saturated heterocycles. The van der Waals surface area contributed by atoms with Crippen molar-refractivity contribution in [2.45, 2.75) is 20.3 Å². The molecular weight excluding hydrogens is 192 g/mol. The molecule has 0 saturated carbocycles. The number of pyridine rings is 1. The monoisotopic (exact) mass is 204 g/mol. The van der Waals surface area contributed by atoms with Crippen molar-refractivity contribution in [3.8, 4) is 0 Å². The van der Waals surface area contributed by atoms with Crippen LogP contribution in [0.2, 0.25) is 0 Å². The molecule has 2 aromatic heterocycles. The summed E-state index contributed by atoms with van der Waals surface area (Å²) in [4.78, 5) is 15.3. The highest BCUT2D eigenvalue weighted by molar-refractivity contribution is 5.88. The summed E-state index contributed by atoms with van der Waals surface area (Å²) in [6.45, 7) is 3.75. The van der Waals surface area contributed by atoms with Crippen molar-refractivity contribution in [1.29, 1.82) is 0 Å². The average molecular weight is 204 g/mol. The normalized spacial score (nSPS) is 10.8. The highest BCUT2D eigenvalue weighted by atomic mass is 16.4. The summed E-state index contributed by atoms with van der Waals surface area (Å²) in [5.41, 5.74) is 2.62. The SMILES string of the molecule is CCc1cccn2c(C(=O)O)c(C)nc12. The van der Waals surface area contributed by atoms with E-state index in [4.69, 9.17) is 5.11 Å². The topological polar surface area (TPSA) is 54.6 Å². The first kappa shape index (κ1) is 9.71. The second-order valence-electron chi connectivity index (χ2n) is 3.43. The minimum absolute atomic E-state index is 0.250. The Bertz CT molecular complexity index is 529. The van der Waals surface area contributed by atoms with Gasteiger partial charge in [-0.25, -0.2) is 9.78 Å². The second kappa shape index (κ2) is 3.38. The lowest BCUT2D eigenvalue weighted by Crippen LogP contribution is -2.03. The van der Waals surface area contributed by atoms with Gasteiger partial charge in [-0.2, -0.15) is 0 Å². The van der Waals surface area contributed by atoms with Crippen LogP contribution in [0, 0.1) is 6.92 Å². The van der Waals surface area contributed by atoms with E-state index in [0.29, 0.717) is 5.69 Å². The van der Waals surface area contributed by atoms with Crippen molar-refractivity contribution in [3.63, 3.8) is 0 Å². The summed E-state index contributed by atoms with van der Waals surface area (Å²) in [5.74, 6) is -0.937. The third kappa shape index (κ3) is 1.38. The van der Waals surface area contributed by atoms with Gasteiger partial charge in [0.05, 0.1) is 5.69 Å². The molecule has 2 rings (SSSR count). The zero-order chi connectivity index (χ0) is 11.0. The molecule has 4 heteroatoms. The summed E-state index contributed by atoms with van der Waals surface area (Å²) in [7, 11) is 0. The third-order valence-corrected chi connectivity index (χ3v) is 2.49. The van der Waals surface area contributed by atoms with Gasteiger partial charge in [-0.05, 0) is 25.0 Å². The van der Waals surface area contributed by atoms with Crippen LogP contribution in [-0.2, 0) is 6.42 Å². The predicted octanol–water partition coefficient (Wildman–Crippen LogP) is 1.90. The van der Waals surface area contributed by atoms with Crippen LogP contribution in [0.15, 0.2) is 18.3 Å². The van der Waals surface area contributed by atoms with Crippen LogP contribution in [0.25, 0.3) is 5.65 Å². The van der Waals surface area contributed by atoms with Gasteiger partial charge in [-0.3, -0.25) is 4.40 Å². The van der Waals surface area contributed by atoms with Crippen LogP contribution < -0.4 is 0 Å². The Kier molecular flexibility index (Phi) is 2.19. The standard InChI is InChI=1S/C11H12N2O2/c1-3-8-5-4-6-13-9(11(14)15)7(2)12-10(8)13/h4-6H,3H2,1-2H3,(H,14,15). The quantitative estimate of drug-likeness (QED) is 0.812. The Labute approximate surface area is 87.2 Å². The van der Waals surface area contributed by atoms with Gasteiger partial charge in [0, 0.05) is 6.20 Å². The van der Waals surface area contributed by atoms with Crippen LogP contribution in [0.4, 0.5) is 0 Å². The molecule has 0 atom stereocenters. The van der Waals surface area contributed by atoms with E-state index in [0.717, 1.165) is 17.6 Å². The van der Waals surface area contributed by atoms with E-state index in [1.807, 2.05) is 19.1 Å². The fraction of sp³-hybridized carbons (Fsp3) is 0.273. The Morgan fingerprint density at radius 1 is 1.60 bits per heavy atom. The maximum Gasteiger partial charge on any atom is 0.354 e. The van der Waals surface area contributed by atoms with Gasteiger partial charge in [0.1, 0.15) is 5.65 Å². The Morgan fingerprint density at radius 2 is 2.33 bits per heavy atom. The number of aryl methyl sites for hydroxylation is 2. The molecule has 0 aliphatic heterocycles. The number of nitrogens with zero attached hydrogens (tertiary/aromatic N) is 2. The van der Waals surface area contributed by atoms with Crippen molar-refractivity contribution < 1.29 is 9.90 Å². The lowest BCUT2D eigenvalue weighted by Gasteiger charge is -2.00. The summed E-state index contributed by atoms with van der Waals surface area (Å²) in [6, 6.07) is 3.81. The number of rotatable bonds is 2. The molecule has 0 fully saturated rings. The van der Waals surface area contributed by atoms with E-state index in [1.54, 1.807) is 17.5 Å². The third-order valence-electron chi connectivity index (χ3n) is 2.49. The summed E-state index contributed by atoms with van der Waals surface area (Å²) >= 11 is 0. The zero-order valence-corrected chi connectivity index (χ0v) is 8.69. The molecule has 0 aliphatic carbocycles. The van der Waals surface area contributed by atoms with Gasteiger partial charge in [-0.15, -0.1) is 0 Å². The molecule has 0 aromatic carbocycles. The molecule has 4 nitrogen and oxygen atoms in total. The van der Waals surface area contributed by atoms with E-state index in [9.17, 15) is 4.79 Å². The predicted molar refractivity (Wildman–Crippen MR) is 56.3 cm³/mol. The number of fused-ring (bicyclic) bond motifs is 1. The van der Waals surface area contributed by atoms with Gasteiger partial charge >= 0.3 is 5.97 Å². The lowest BCUT2D eigenvalue weighted by atomic mass is 10.2. The zero-order valence-electron chi connectivity index (χ0n) is 8.69. The summed E-state index contributed by atoms with van der Waals surface area (Å²) in [5, 5.41) is 9.06. The smallest absolute Gasteiger partial charge is 0.354 e. The molecule has 78 valence electrons. The number of hydrogen-bond acceptors (Lipinski definition) is 2. The van der Waals surface area contributed by atoms with Gasteiger partial charge in [0.2, 0.25) is 0 Å². The summed E-state index contributed by atoms with van der Waals surface area (Å²) in [6.07, 6.45) is 2.58. The van der Waals surface area contributed by atoms with Gasteiger partial charge < -0.3 is 5.11 Å². The number of carboxylic acids is 1. The molecule has 0 spiro atoms. The number of carbonyl (C=O) groups is 1. The number of hydrogen-bond donors (Lipinski definition) is 1. The van der Waals surface area contributed by atoms with E-state index in [2.05, 4.69) is 4.98 Å². The average Bonchev–Trinajstić information content (AvgIpc) is 2.53. The maximum absolute atomic E-state index is 11.0. The van der Waals surface area contributed by atoms with Crippen molar-refractivity contribution >= 4 is 11.6 Å². The van der Waals surface area contributed by atoms with Crippen LogP contribution in [0.5, 0.6) is 0 Å². The second-order valence-corrected chi connectivity index (χ2v) is 3.43. The number of imidazole rings is 1. The number of aromatic carboxylic acids is 1. The summed E-state index contributed by atoms with van der Waals surface area (Å²) < 4.78 is 1.64. The molecule has 0 bridgehead atoms. The molecule has 0 amide bonds. The molecule has 15 heavy (non-hydrogen) atoms. The molecule has 0 unspecified atom stereocenters. The van der Waals surface area contributed by atoms with Crippen molar-refractivity contribution in [2.24, 2.45) is 0 Å². The largest absolute Gasteiger partial charge is 0.477 e. The van der Waals surface area contributed by atoms with Crippen molar-refractivity contribution in [1.82, 2.24) is 9.38 Å². The Morgan fingerprint density at radius 3 is 2.93 bits per heavy atom. The molecule has 2 heterocycles. The lowest BCUT2D eigenvalue weighted by molar-refractivity contribution is 0.0688. The fourth-order valence-corrected chi connectivity index (χ4v) is 1.77. The first-order valence-corrected chi connectivity index (χ1v) is 4.85. The van der Waals surface area contributed by atoms with Gasteiger partial charge in [-0.1, -0.05) is 13.0 Å². The number of carboxylic acid groups (broad SMARTS) is 1. The highest BCUT2D eigenvalue weighted by Crippen LogP contribution is 2.16.